The van der Waals surface area contributed by atoms with Crippen molar-refractivity contribution < 1.29 is 39.9 Å². The zero-order valence-corrected chi connectivity index (χ0v) is 14.8. The maximum Gasteiger partial charge on any atom is 0.316 e. The molecule has 1 atom stereocenters. The first kappa shape index (κ1) is 29.4. The Labute approximate surface area is 145 Å². The third-order valence-electron chi connectivity index (χ3n) is 1.11. The predicted molar refractivity (Wildman–Crippen MR) is 92.5 cm³/mol. The summed E-state index contributed by atoms with van der Waals surface area (Å²) in [5.41, 5.74) is 0. The lowest BCUT2D eigenvalue weighted by molar-refractivity contribution is -0.137. The largest absolute Gasteiger partial charge is 0.481 e. The maximum atomic E-state index is 9.62. The van der Waals surface area contributed by atoms with E-state index >= 15 is 0 Å². The molecule has 0 amide bonds. The topological polar surface area (TPSA) is 152 Å². The SMILES string of the molecule is CC(S)C(=O)O.O=C(O)CCS.O=C(O)CCS.OCCO. The summed E-state index contributed by atoms with van der Waals surface area (Å²) in [5, 5.41) is 38.4. The smallest absolute Gasteiger partial charge is 0.316 e. The molecule has 0 fully saturated rings. The average molecular weight is 381 g/mol. The van der Waals surface area contributed by atoms with Gasteiger partial charge in [-0.2, -0.15) is 37.9 Å². The Balaban J connectivity index is -0.0000000994. The molecule has 22 heavy (non-hydrogen) atoms. The highest BCUT2D eigenvalue weighted by atomic mass is 32.1. The van der Waals surface area contributed by atoms with Gasteiger partial charge in [0.15, 0.2) is 0 Å². The summed E-state index contributed by atoms with van der Waals surface area (Å²) >= 11 is 11.0. The molecule has 1 unspecified atom stereocenters. The Morgan fingerprint density at radius 2 is 1.09 bits per heavy atom. The average Bonchev–Trinajstić information content (AvgIpc) is 2.40. The van der Waals surface area contributed by atoms with E-state index in [1.165, 1.54) is 6.92 Å². The van der Waals surface area contributed by atoms with Gasteiger partial charge in [-0.1, -0.05) is 0 Å². The van der Waals surface area contributed by atoms with Gasteiger partial charge in [0.1, 0.15) is 0 Å². The van der Waals surface area contributed by atoms with E-state index in [1.54, 1.807) is 0 Å². The minimum atomic E-state index is -0.877. The lowest BCUT2D eigenvalue weighted by Gasteiger charge is -1.88. The molecule has 0 heterocycles. The van der Waals surface area contributed by atoms with Crippen LogP contribution in [0.4, 0.5) is 0 Å². The van der Waals surface area contributed by atoms with E-state index in [-0.39, 0.29) is 26.1 Å². The number of hydrogen-bond acceptors (Lipinski definition) is 8. The maximum absolute atomic E-state index is 9.62. The molecule has 0 aromatic carbocycles. The first-order chi connectivity index (χ1) is 10.1. The summed E-state index contributed by atoms with van der Waals surface area (Å²) in [7, 11) is 0. The van der Waals surface area contributed by atoms with Gasteiger partial charge in [-0.25, -0.2) is 0 Å². The van der Waals surface area contributed by atoms with Crippen molar-refractivity contribution in [2.75, 3.05) is 24.7 Å². The molecule has 0 saturated heterocycles. The summed E-state index contributed by atoms with van der Waals surface area (Å²) in [6, 6.07) is 0. The molecule has 0 aliphatic carbocycles. The molecule has 0 aliphatic rings. The van der Waals surface area contributed by atoms with Gasteiger partial charge in [0.2, 0.25) is 0 Å². The first-order valence-corrected chi connectivity index (χ1v) is 7.66. The van der Waals surface area contributed by atoms with Crippen molar-refractivity contribution in [3.8, 4) is 0 Å². The number of hydrogen-bond donors (Lipinski definition) is 8. The van der Waals surface area contributed by atoms with Crippen LogP contribution in [0, 0.1) is 0 Å². The number of carboxylic acids is 3. The number of carbonyl (C=O) groups is 3. The second-order valence-electron chi connectivity index (χ2n) is 3.20. The summed E-state index contributed by atoms with van der Waals surface area (Å²) in [5.74, 6) is -1.60. The van der Waals surface area contributed by atoms with E-state index in [2.05, 4.69) is 37.9 Å². The molecule has 0 radical (unpaired) electrons. The fraction of sp³-hybridized carbons (Fsp3) is 0.727. The molecule has 0 rings (SSSR count). The van der Waals surface area contributed by atoms with E-state index in [9.17, 15) is 14.4 Å². The van der Waals surface area contributed by atoms with Crippen LogP contribution in [-0.4, -0.2) is 73.4 Å². The zero-order chi connectivity index (χ0) is 18.6. The number of carboxylic acid groups (broad SMARTS) is 3. The number of aliphatic hydroxyl groups is 2. The summed E-state index contributed by atoms with van der Waals surface area (Å²) in [6.07, 6.45) is 0.312. The molecular formula is C11H24O8S3. The lowest BCUT2D eigenvalue weighted by Crippen LogP contribution is -2.06. The highest BCUT2D eigenvalue weighted by Crippen LogP contribution is 1.88. The third kappa shape index (κ3) is 60.8. The number of aliphatic carboxylic acids is 3. The van der Waals surface area contributed by atoms with E-state index in [4.69, 9.17) is 25.5 Å². The molecule has 0 spiro atoms. The van der Waals surface area contributed by atoms with E-state index in [0.717, 1.165) is 0 Å². The summed E-state index contributed by atoms with van der Waals surface area (Å²) < 4.78 is 0. The minimum Gasteiger partial charge on any atom is -0.481 e. The third-order valence-corrected chi connectivity index (χ3v) is 1.78. The van der Waals surface area contributed by atoms with Gasteiger partial charge in [0.05, 0.1) is 31.3 Å². The fourth-order valence-corrected chi connectivity index (χ4v) is 0.574. The van der Waals surface area contributed by atoms with Crippen LogP contribution in [0.15, 0.2) is 0 Å². The predicted octanol–water partition coefficient (Wildman–Crippen LogP) is 0.142. The van der Waals surface area contributed by atoms with Gasteiger partial charge in [-0.15, -0.1) is 0 Å². The van der Waals surface area contributed by atoms with Crippen LogP contribution in [-0.2, 0) is 14.4 Å². The lowest BCUT2D eigenvalue weighted by atomic mass is 10.5. The van der Waals surface area contributed by atoms with Crippen molar-refractivity contribution in [3.63, 3.8) is 0 Å². The number of aliphatic hydroxyl groups excluding tert-OH is 2. The highest BCUT2D eigenvalue weighted by Gasteiger charge is 2.00. The fourth-order valence-electron chi connectivity index (χ4n) is 0.191. The van der Waals surface area contributed by atoms with Crippen molar-refractivity contribution in [1.29, 1.82) is 0 Å². The molecule has 134 valence electrons. The summed E-state index contributed by atoms with van der Waals surface area (Å²) in [6.45, 7) is 1.26. The second kappa shape index (κ2) is 25.3. The van der Waals surface area contributed by atoms with Crippen molar-refractivity contribution in [3.05, 3.63) is 0 Å². The van der Waals surface area contributed by atoms with Crippen LogP contribution >= 0.6 is 37.9 Å². The van der Waals surface area contributed by atoms with Gasteiger partial charge in [0, 0.05) is 11.5 Å². The van der Waals surface area contributed by atoms with Crippen molar-refractivity contribution in [1.82, 2.24) is 0 Å². The first-order valence-electron chi connectivity index (χ1n) is 5.88. The quantitative estimate of drug-likeness (QED) is 0.303. The van der Waals surface area contributed by atoms with Crippen LogP contribution in [0.5, 0.6) is 0 Å². The molecule has 0 aromatic rings. The van der Waals surface area contributed by atoms with E-state index in [0.29, 0.717) is 11.5 Å². The highest BCUT2D eigenvalue weighted by molar-refractivity contribution is 7.81. The standard InChI is InChI=1S/3C3H6O2S.C2H6O2/c1-2(6)3(4)5;2*4-3(5)1-2-6;3-1-2-4/h2,6H,1H3,(H,4,5);2*6H,1-2H2,(H,4,5);3-4H,1-2H2. The van der Waals surface area contributed by atoms with Gasteiger partial charge in [-0.3, -0.25) is 14.4 Å². The van der Waals surface area contributed by atoms with E-state index in [1.807, 2.05) is 0 Å². The zero-order valence-electron chi connectivity index (χ0n) is 12.1. The molecule has 0 aromatic heterocycles. The Morgan fingerprint density at radius 1 is 0.864 bits per heavy atom. The normalized spacial score (nSPS) is 9.55. The monoisotopic (exact) mass is 380 g/mol. The molecule has 8 nitrogen and oxygen atoms in total. The van der Waals surface area contributed by atoms with Crippen LogP contribution in [0.25, 0.3) is 0 Å². The molecule has 0 aliphatic heterocycles. The van der Waals surface area contributed by atoms with Gasteiger partial charge in [0.25, 0.3) is 0 Å². The number of thiol groups is 3. The van der Waals surface area contributed by atoms with Gasteiger partial charge >= 0.3 is 17.9 Å². The van der Waals surface area contributed by atoms with Crippen LogP contribution in [0.2, 0.25) is 0 Å². The molecule has 0 saturated carbocycles. The van der Waals surface area contributed by atoms with Crippen molar-refractivity contribution >= 4 is 55.8 Å². The van der Waals surface area contributed by atoms with Crippen LogP contribution in [0.3, 0.4) is 0 Å². The van der Waals surface area contributed by atoms with Gasteiger partial charge < -0.3 is 25.5 Å². The Bertz CT molecular complexity index is 256. The van der Waals surface area contributed by atoms with Gasteiger partial charge in [-0.05, 0) is 6.92 Å². The van der Waals surface area contributed by atoms with E-state index < -0.39 is 23.2 Å². The molecule has 11 heteroatoms. The minimum absolute atomic E-state index is 0.125. The Hall–Kier alpha value is -0.620. The van der Waals surface area contributed by atoms with Crippen molar-refractivity contribution in [2.24, 2.45) is 0 Å². The summed E-state index contributed by atoms with van der Waals surface area (Å²) in [4.78, 5) is 28.7. The Kier molecular flexibility index (Phi) is 33.9. The van der Waals surface area contributed by atoms with Crippen LogP contribution in [0.1, 0.15) is 19.8 Å². The van der Waals surface area contributed by atoms with Crippen LogP contribution < -0.4 is 0 Å². The molecular weight excluding hydrogens is 356 g/mol. The Morgan fingerprint density at radius 3 is 1.09 bits per heavy atom. The van der Waals surface area contributed by atoms with Crippen molar-refractivity contribution in [2.45, 2.75) is 25.0 Å². The molecule has 5 N–H and O–H groups in total. The molecule has 0 bridgehead atoms. The number of rotatable bonds is 6. The second-order valence-corrected chi connectivity index (χ2v) is 4.87.